The fraction of sp³-hybridized carbons (Fsp3) is 0.480. The molecule has 0 unspecified atom stereocenters. The minimum absolute atomic E-state index is 0.275. The lowest BCUT2D eigenvalue weighted by Crippen LogP contribution is -2.62. The first-order valence-electron chi connectivity index (χ1n) is 12.2. The summed E-state index contributed by atoms with van der Waals surface area (Å²) < 4.78 is 25.4. The molecule has 2 saturated heterocycles. The summed E-state index contributed by atoms with van der Waals surface area (Å²) in [5.74, 6) is 1.81. The van der Waals surface area contributed by atoms with Gasteiger partial charge in [0, 0.05) is 49.5 Å². The van der Waals surface area contributed by atoms with E-state index in [1.807, 2.05) is 4.52 Å². The minimum atomic E-state index is -2.85. The van der Waals surface area contributed by atoms with E-state index >= 15 is 0 Å². The molecule has 0 spiro atoms. The molecule has 2 aliphatic rings. The molecule has 4 aromatic rings. The highest BCUT2D eigenvalue weighted by molar-refractivity contribution is 7.91. The van der Waals surface area contributed by atoms with Crippen LogP contribution in [0.15, 0.2) is 24.7 Å². The van der Waals surface area contributed by atoms with Crippen LogP contribution in [-0.2, 0) is 9.84 Å². The zero-order valence-electron chi connectivity index (χ0n) is 20.6. The maximum absolute atomic E-state index is 11.8. The Kier molecular flexibility index (Phi) is 5.16. The molecule has 184 valence electrons. The Bertz CT molecular complexity index is 1530. The zero-order valence-corrected chi connectivity index (χ0v) is 21.4. The van der Waals surface area contributed by atoms with E-state index in [4.69, 9.17) is 4.98 Å². The second kappa shape index (κ2) is 8.03. The standard InChI is InChI=1S/C25H31N7O2S/c1-15(2)22-23(19-13-32-25(26-14-27-32)17(4)16(19)3)28-20-5-6-21(29-24(20)22)31-11-18(12-31)30-7-9-35(33,34)10-8-30/h5-6,13-15,18,28H,7-12H2,1-4H3. The van der Waals surface area contributed by atoms with Crippen LogP contribution in [0.1, 0.15) is 36.5 Å². The number of aromatic nitrogens is 5. The number of sulfone groups is 1. The maximum Gasteiger partial charge on any atom is 0.158 e. The Morgan fingerprint density at radius 1 is 1.09 bits per heavy atom. The summed E-state index contributed by atoms with van der Waals surface area (Å²) >= 11 is 0. The Balaban J connectivity index is 1.33. The monoisotopic (exact) mass is 493 g/mol. The van der Waals surface area contributed by atoms with Gasteiger partial charge in [-0.2, -0.15) is 5.10 Å². The van der Waals surface area contributed by atoms with Crippen LogP contribution < -0.4 is 4.90 Å². The number of hydrogen-bond acceptors (Lipinski definition) is 7. The van der Waals surface area contributed by atoms with Crippen LogP contribution in [0.5, 0.6) is 0 Å². The Hall–Kier alpha value is -2.98. The maximum atomic E-state index is 11.8. The number of aryl methyl sites for hydroxylation is 1. The molecule has 0 bridgehead atoms. The Morgan fingerprint density at radius 3 is 2.54 bits per heavy atom. The molecule has 1 N–H and O–H groups in total. The second-order valence-corrected chi connectivity index (χ2v) is 12.5. The molecule has 0 aliphatic carbocycles. The average Bonchev–Trinajstić information content (AvgIpc) is 3.40. The fourth-order valence-electron chi connectivity index (χ4n) is 5.45. The predicted molar refractivity (Wildman–Crippen MR) is 138 cm³/mol. The van der Waals surface area contributed by atoms with Crippen molar-refractivity contribution in [2.75, 3.05) is 42.6 Å². The summed E-state index contributed by atoms with van der Waals surface area (Å²) in [6.45, 7) is 11.7. The van der Waals surface area contributed by atoms with Gasteiger partial charge in [0.25, 0.3) is 0 Å². The van der Waals surface area contributed by atoms with Crippen LogP contribution in [0.4, 0.5) is 5.82 Å². The number of rotatable bonds is 4. The van der Waals surface area contributed by atoms with Gasteiger partial charge in [-0.15, -0.1) is 0 Å². The van der Waals surface area contributed by atoms with Gasteiger partial charge in [-0.3, -0.25) is 4.90 Å². The highest BCUT2D eigenvalue weighted by Gasteiger charge is 2.35. The van der Waals surface area contributed by atoms with Crippen LogP contribution in [0.2, 0.25) is 0 Å². The van der Waals surface area contributed by atoms with E-state index in [9.17, 15) is 8.42 Å². The number of anilines is 1. The Labute approximate surface area is 205 Å². The molecule has 9 nitrogen and oxygen atoms in total. The smallest absolute Gasteiger partial charge is 0.158 e. The van der Waals surface area contributed by atoms with Crippen molar-refractivity contribution in [1.29, 1.82) is 0 Å². The first-order valence-corrected chi connectivity index (χ1v) is 14.1. The van der Waals surface area contributed by atoms with E-state index in [1.54, 1.807) is 6.33 Å². The summed E-state index contributed by atoms with van der Waals surface area (Å²) in [6, 6.07) is 4.61. The Morgan fingerprint density at radius 2 is 1.83 bits per heavy atom. The fourth-order valence-corrected chi connectivity index (χ4v) is 6.67. The van der Waals surface area contributed by atoms with Gasteiger partial charge >= 0.3 is 0 Å². The van der Waals surface area contributed by atoms with Gasteiger partial charge in [0.15, 0.2) is 15.5 Å². The molecule has 0 atom stereocenters. The van der Waals surface area contributed by atoms with Crippen molar-refractivity contribution in [3.05, 3.63) is 41.3 Å². The highest BCUT2D eigenvalue weighted by Crippen LogP contribution is 2.38. The van der Waals surface area contributed by atoms with Gasteiger partial charge in [-0.25, -0.2) is 22.9 Å². The van der Waals surface area contributed by atoms with Crippen LogP contribution >= 0.6 is 0 Å². The van der Waals surface area contributed by atoms with Crippen LogP contribution in [0.3, 0.4) is 0 Å². The molecule has 0 aromatic carbocycles. The molecule has 2 aliphatic heterocycles. The van der Waals surface area contributed by atoms with E-state index < -0.39 is 9.84 Å². The quantitative estimate of drug-likeness (QED) is 0.467. The molecule has 0 radical (unpaired) electrons. The third-order valence-electron chi connectivity index (χ3n) is 7.72. The third kappa shape index (κ3) is 3.70. The lowest BCUT2D eigenvalue weighted by molar-refractivity contribution is 0.179. The summed E-state index contributed by atoms with van der Waals surface area (Å²) in [7, 11) is -2.85. The van der Waals surface area contributed by atoms with E-state index in [0.29, 0.717) is 19.1 Å². The van der Waals surface area contributed by atoms with Crippen LogP contribution in [-0.4, -0.2) is 81.6 Å². The van der Waals surface area contributed by atoms with Crippen molar-refractivity contribution in [2.45, 2.75) is 39.7 Å². The number of hydrogen-bond donors (Lipinski definition) is 1. The molecular weight excluding hydrogens is 462 g/mol. The molecule has 2 fully saturated rings. The summed E-state index contributed by atoms with van der Waals surface area (Å²) in [5.41, 5.74) is 8.65. The number of aromatic amines is 1. The molecular formula is C25H31N7O2S. The van der Waals surface area contributed by atoms with Crippen molar-refractivity contribution in [3.8, 4) is 11.3 Å². The van der Waals surface area contributed by atoms with Crippen molar-refractivity contribution in [2.24, 2.45) is 0 Å². The molecule has 35 heavy (non-hydrogen) atoms. The lowest BCUT2D eigenvalue weighted by Gasteiger charge is -2.47. The summed E-state index contributed by atoms with van der Waals surface area (Å²) in [6.07, 6.45) is 3.65. The second-order valence-electron chi connectivity index (χ2n) is 10.2. The molecule has 10 heteroatoms. The van der Waals surface area contributed by atoms with E-state index in [-0.39, 0.29) is 17.4 Å². The number of fused-ring (bicyclic) bond motifs is 2. The molecule has 0 amide bonds. The van der Waals surface area contributed by atoms with Gasteiger partial charge in [-0.1, -0.05) is 13.8 Å². The van der Waals surface area contributed by atoms with E-state index in [1.165, 1.54) is 11.1 Å². The number of nitrogens with zero attached hydrogens (tertiary/aromatic N) is 6. The van der Waals surface area contributed by atoms with Crippen LogP contribution in [0.25, 0.3) is 27.9 Å². The SMILES string of the molecule is Cc1c(-c2[nH]c3ccc(N4CC(N5CCS(=O)(=O)CC5)C4)nc3c2C(C)C)cn2ncnc2c1C. The summed E-state index contributed by atoms with van der Waals surface area (Å²) in [4.78, 5) is 17.8. The first kappa shape index (κ1) is 22.5. The van der Waals surface area contributed by atoms with E-state index in [0.717, 1.165) is 52.4 Å². The van der Waals surface area contributed by atoms with Crippen molar-refractivity contribution in [3.63, 3.8) is 0 Å². The van der Waals surface area contributed by atoms with Gasteiger partial charge in [-0.05, 0) is 43.0 Å². The molecule has 6 heterocycles. The zero-order chi connectivity index (χ0) is 24.5. The van der Waals surface area contributed by atoms with Crippen molar-refractivity contribution < 1.29 is 8.42 Å². The number of H-pyrrole nitrogens is 1. The lowest BCUT2D eigenvalue weighted by atomic mass is 9.95. The van der Waals surface area contributed by atoms with Crippen molar-refractivity contribution in [1.82, 2.24) is 29.5 Å². The van der Waals surface area contributed by atoms with Crippen molar-refractivity contribution >= 4 is 32.3 Å². The number of pyridine rings is 2. The number of nitrogens with one attached hydrogen (secondary N) is 1. The predicted octanol–water partition coefficient (Wildman–Crippen LogP) is 2.93. The van der Waals surface area contributed by atoms with Crippen LogP contribution in [0, 0.1) is 13.8 Å². The molecule has 4 aromatic heterocycles. The van der Waals surface area contributed by atoms with Gasteiger partial charge in [0.05, 0.1) is 28.2 Å². The van der Waals surface area contributed by atoms with Gasteiger partial charge < -0.3 is 9.88 Å². The summed E-state index contributed by atoms with van der Waals surface area (Å²) in [5, 5.41) is 4.38. The molecule has 0 saturated carbocycles. The minimum Gasteiger partial charge on any atom is -0.353 e. The largest absolute Gasteiger partial charge is 0.353 e. The first-order chi connectivity index (χ1) is 16.7. The van der Waals surface area contributed by atoms with Gasteiger partial charge in [0.2, 0.25) is 0 Å². The average molecular weight is 494 g/mol. The molecule has 6 rings (SSSR count). The van der Waals surface area contributed by atoms with E-state index in [2.05, 4.69) is 70.9 Å². The topological polar surface area (TPSA) is 99.5 Å². The normalized spacial score (nSPS) is 19.2. The highest BCUT2D eigenvalue weighted by atomic mass is 32.2. The van der Waals surface area contributed by atoms with Gasteiger partial charge in [0.1, 0.15) is 12.1 Å². The third-order valence-corrected chi connectivity index (χ3v) is 9.33.